The Morgan fingerprint density at radius 2 is 1.12 bits per heavy atom. The van der Waals surface area contributed by atoms with Gasteiger partial charge in [-0.05, 0) is 73.4 Å². The molecule has 0 spiro atoms. The number of nitrogens with zero attached hydrogens (tertiary/aromatic N) is 4. The zero-order valence-electron chi connectivity index (χ0n) is 36.2. The van der Waals surface area contributed by atoms with Crippen LogP contribution in [0.1, 0.15) is 55.6 Å². The second-order valence-electron chi connectivity index (χ2n) is 16.7. The van der Waals surface area contributed by atoms with E-state index >= 15 is 0 Å². The molecule has 1 N–H and O–H groups in total. The zero-order chi connectivity index (χ0) is 46.0. The molecule has 4 aromatic rings. The van der Waals surface area contributed by atoms with E-state index in [1.165, 1.54) is 37.6 Å². The van der Waals surface area contributed by atoms with Crippen molar-refractivity contribution in [1.82, 2.24) is 18.9 Å². The van der Waals surface area contributed by atoms with Crippen molar-refractivity contribution in [3.63, 3.8) is 0 Å². The van der Waals surface area contributed by atoms with Gasteiger partial charge >= 0.3 is 46.6 Å². The second kappa shape index (κ2) is 16.8. The van der Waals surface area contributed by atoms with Gasteiger partial charge in [-0.2, -0.15) is 0 Å². The Balaban J connectivity index is 0.000000165. The van der Waals surface area contributed by atoms with Crippen LogP contribution >= 0.6 is 0 Å². The topological polar surface area (TPSA) is 210 Å². The first kappa shape index (κ1) is 44.5. The van der Waals surface area contributed by atoms with Gasteiger partial charge in [0.15, 0.2) is 0 Å². The van der Waals surface area contributed by atoms with Crippen LogP contribution in [0.25, 0.3) is 21.8 Å². The number of esters is 2. The number of carbonyl (C=O) groups excluding carboxylic acids is 6. The molecule has 2 fully saturated rings. The quantitative estimate of drug-likeness (QED) is 0.133. The van der Waals surface area contributed by atoms with Crippen molar-refractivity contribution >= 4 is 72.6 Å². The maximum atomic E-state index is 13.6. The van der Waals surface area contributed by atoms with Crippen molar-refractivity contribution in [2.24, 2.45) is 11.8 Å². The predicted octanol–water partition coefficient (Wildman–Crippen LogP) is 3.93. The molecule has 12 rings (SSSR count). The molecule has 64 heavy (non-hydrogen) atoms. The molecule has 2 saturated heterocycles. The fourth-order valence-electron chi connectivity index (χ4n) is 11.9. The normalized spacial score (nSPS) is 26.0. The summed E-state index contributed by atoms with van der Waals surface area (Å²) in [6.07, 6.45) is 4.02. The molecule has 8 heterocycles. The van der Waals surface area contributed by atoms with E-state index in [4.69, 9.17) is 26.6 Å². The van der Waals surface area contributed by atoms with E-state index in [1.54, 1.807) is 17.9 Å². The summed E-state index contributed by atoms with van der Waals surface area (Å²) < 4.78 is 40.8. The van der Waals surface area contributed by atoms with E-state index in [2.05, 4.69) is 0 Å². The summed E-state index contributed by atoms with van der Waals surface area (Å²) in [5.41, 5.74) is 3.41. The molecule has 7 unspecified atom stereocenters. The number of methoxy groups -OCH3 is 4. The third-order valence-electron chi connectivity index (χ3n) is 14.0. The van der Waals surface area contributed by atoms with Crippen LogP contribution in [0.15, 0.2) is 71.8 Å². The number of hydrogen-bond donors (Lipinski definition) is 1. The minimum absolute atomic E-state index is 0.0517. The number of aliphatic hydroxyl groups is 1. The molecular weight excluding hydrogens is 895 g/mol. The Hall–Kier alpha value is -6.10. The Morgan fingerprint density at radius 1 is 0.703 bits per heavy atom. The van der Waals surface area contributed by atoms with Gasteiger partial charge in [0, 0.05) is 23.9 Å². The van der Waals surface area contributed by atoms with Gasteiger partial charge in [0.05, 0.1) is 80.9 Å². The second-order valence-corrected chi connectivity index (χ2v) is 17.0. The molecule has 17 nitrogen and oxygen atoms in total. The van der Waals surface area contributed by atoms with E-state index in [9.17, 15) is 33.9 Å². The van der Waals surface area contributed by atoms with E-state index in [-0.39, 0.29) is 18.2 Å². The summed E-state index contributed by atoms with van der Waals surface area (Å²) in [5.74, 6) is -1.93. The van der Waals surface area contributed by atoms with Crippen molar-refractivity contribution in [2.75, 3.05) is 41.5 Å². The summed E-state index contributed by atoms with van der Waals surface area (Å²) in [4.78, 5) is 82.9. The fourth-order valence-corrected chi connectivity index (χ4v) is 11.9. The van der Waals surface area contributed by atoms with Gasteiger partial charge in [0.25, 0.3) is 0 Å². The molecule has 8 bridgehead atoms. The van der Waals surface area contributed by atoms with Gasteiger partial charge in [-0.25, -0.2) is 18.7 Å². The van der Waals surface area contributed by atoms with E-state index in [0.717, 1.165) is 33.9 Å². The molecule has 2 aromatic carbocycles. The van der Waals surface area contributed by atoms with Crippen LogP contribution in [0.5, 0.6) is 0 Å². The Bertz CT molecular complexity index is 2760. The van der Waals surface area contributed by atoms with E-state index < -0.39 is 79.8 Å². The first-order valence-electron chi connectivity index (χ1n) is 21.0. The van der Waals surface area contributed by atoms with Gasteiger partial charge in [-0.15, -0.1) is 0 Å². The van der Waals surface area contributed by atoms with Crippen LogP contribution in [0.2, 0.25) is 0 Å². The number of para-hydroxylation sites is 2. The SMILES string of the molecule is CCC1=CC2CC3(C(=O)OC)c4c(c5ccccc5n4C(=O)OC)CCN(C2=O)C13.COC(=O)n1c2c(c3ccccc31)CCN1C(=O)C3C=C(C(C)O)C1C2(C(=O)OC)C3.O=[Se]=O. The van der Waals surface area contributed by atoms with Gasteiger partial charge in [-0.3, -0.25) is 19.2 Å². The number of piperidine rings is 2. The number of amides is 2. The van der Waals surface area contributed by atoms with Gasteiger partial charge in [0.2, 0.25) is 11.8 Å². The van der Waals surface area contributed by atoms with E-state index in [0.29, 0.717) is 60.3 Å². The van der Waals surface area contributed by atoms with Crippen molar-refractivity contribution in [3.8, 4) is 0 Å². The van der Waals surface area contributed by atoms with Crippen molar-refractivity contribution in [3.05, 3.63) is 94.3 Å². The number of fused-ring (bicyclic) bond motifs is 6. The monoisotopic (exact) mass is 944 g/mol. The Kier molecular flexibility index (Phi) is 11.7. The molecule has 8 aliphatic rings. The minimum atomic E-state index is -1.62. The number of aliphatic hydroxyl groups excluding tert-OH is 1. The third kappa shape index (κ3) is 6.12. The summed E-state index contributed by atoms with van der Waals surface area (Å²) in [7, 11) is 5.32. The standard InChI is InChI=1S/C23H24N2O6.C23H24N2O5.O2Se/c1-12(26)16-10-13-11-23(21(28)30-2)18(16)24(20(13)27)9-8-15-14-6-4-5-7-17(14)25(19(15)23)22(29)31-3;1-4-13-11-14-12-23(21(27)29-2)18(13)24(20(14)26)10-9-16-15-7-5-6-8-17(15)25(19(16)23)22(28)30-3;1-3-2/h4-7,10,12-13,18,26H,8-9,11H2,1-3H3;5-8,11,14,18H,4,9-10,12H2,1-3H3;. The molecule has 2 aromatic heterocycles. The average Bonchev–Trinajstić information content (AvgIpc) is 3.74. The zero-order valence-corrected chi connectivity index (χ0v) is 37.9. The van der Waals surface area contributed by atoms with Gasteiger partial charge in [-0.1, -0.05) is 55.5 Å². The molecule has 2 amide bonds. The van der Waals surface area contributed by atoms with Crippen molar-refractivity contribution in [1.29, 1.82) is 0 Å². The summed E-state index contributed by atoms with van der Waals surface area (Å²) in [6.45, 7) is 4.54. The summed E-state index contributed by atoms with van der Waals surface area (Å²) in [6, 6.07) is 13.9. The number of aromatic nitrogens is 2. The number of hydrogen-bond acceptors (Lipinski definition) is 13. The number of benzene rings is 2. The Morgan fingerprint density at radius 3 is 1.55 bits per heavy atom. The molecule has 0 saturated carbocycles. The molecule has 336 valence electrons. The fraction of sp³-hybridized carbons (Fsp3) is 0.435. The molecule has 18 heteroatoms. The van der Waals surface area contributed by atoms with E-state index in [1.807, 2.05) is 66.4 Å². The van der Waals surface area contributed by atoms with Crippen molar-refractivity contribution < 1.29 is 60.5 Å². The summed E-state index contributed by atoms with van der Waals surface area (Å²) >= 11 is -1.62. The Labute approximate surface area is 373 Å². The first-order valence-corrected chi connectivity index (χ1v) is 22.4. The van der Waals surface area contributed by atoms with Crippen LogP contribution in [-0.4, -0.2) is 135 Å². The van der Waals surface area contributed by atoms with Crippen LogP contribution in [0, 0.1) is 11.8 Å². The average molecular weight is 944 g/mol. The third-order valence-corrected chi connectivity index (χ3v) is 14.0. The van der Waals surface area contributed by atoms with Crippen LogP contribution < -0.4 is 0 Å². The molecule has 0 radical (unpaired) electrons. The predicted molar refractivity (Wildman–Crippen MR) is 227 cm³/mol. The molecule has 7 atom stereocenters. The van der Waals surface area contributed by atoms with Crippen LogP contribution in [0.3, 0.4) is 0 Å². The van der Waals surface area contributed by atoms with Crippen LogP contribution in [0.4, 0.5) is 9.59 Å². The molecular formula is C46H48N4O13Se. The number of carbonyl (C=O) groups is 6. The number of ether oxygens (including phenoxy) is 4. The number of rotatable bonds is 4. The van der Waals surface area contributed by atoms with Gasteiger partial charge in [0.1, 0.15) is 10.8 Å². The molecule has 6 aliphatic heterocycles. The van der Waals surface area contributed by atoms with Crippen molar-refractivity contribution in [2.45, 2.75) is 75.0 Å². The summed E-state index contributed by atoms with van der Waals surface area (Å²) in [5, 5.41) is 12.3. The molecule has 2 aliphatic carbocycles. The van der Waals surface area contributed by atoms with Crippen LogP contribution in [-0.2, 0) is 69.5 Å². The van der Waals surface area contributed by atoms with Gasteiger partial charge < -0.3 is 33.9 Å². The maximum absolute atomic E-state index is 13.6. The first-order chi connectivity index (χ1) is 30.8.